The van der Waals surface area contributed by atoms with Gasteiger partial charge in [0.2, 0.25) is 0 Å². The Kier molecular flexibility index (Phi) is 6.17. The van der Waals surface area contributed by atoms with Gasteiger partial charge in [0.05, 0.1) is 0 Å². The van der Waals surface area contributed by atoms with E-state index in [2.05, 4.69) is 5.32 Å². The summed E-state index contributed by atoms with van der Waals surface area (Å²) in [6.07, 6.45) is 0.693. The normalized spacial score (nSPS) is 13.2. The van der Waals surface area contributed by atoms with Gasteiger partial charge in [-0.05, 0) is 6.42 Å². The number of rotatable bonds is 7. The van der Waals surface area contributed by atoms with Gasteiger partial charge in [-0.1, -0.05) is 27.7 Å². The third-order valence-corrected chi connectivity index (χ3v) is 2.16. The van der Waals surface area contributed by atoms with Crippen molar-refractivity contribution in [1.82, 2.24) is 5.32 Å². The van der Waals surface area contributed by atoms with Crippen LogP contribution in [0.25, 0.3) is 0 Å². The molecule has 4 heteroatoms. The molecule has 88 valence electrons. The van der Waals surface area contributed by atoms with Crippen LogP contribution in [0.1, 0.15) is 40.5 Å². The molecule has 0 aliphatic rings. The first-order chi connectivity index (χ1) is 6.84. The van der Waals surface area contributed by atoms with Crippen molar-refractivity contribution in [2.24, 2.45) is 5.92 Å². The fourth-order valence-corrected chi connectivity index (χ4v) is 1.26. The van der Waals surface area contributed by atoms with Crippen molar-refractivity contribution >= 4 is 11.8 Å². The average molecular weight is 215 g/mol. The van der Waals surface area contributed by atoms with E-state index < -0.39 is 12.0 Å². The highest BCUT2D eigenvalue weighted by atomic mass is 16.4. The van der Waals surface area contributed by atoms with Gasteiger partial charge >= 0.3 is 5.97 Å². The van der Waals surface area contributed by atoms with Gasteiger partial charge in [-0.3, -0.25) is 9.59 Å². The summed E-state index contributed by atoms with van der Waals surface area (Å²) in [5, 5.41) is 11.8. The van der Waals surface area contributed by atoms with Crippen molar-refractivity contribution in [3.8, 4) is 0 Å². The minimum Gasteiger partial charge on any atom is -0.480 e. The summed E-state index contributed by atoms with van der Waals surface area (Å²) in [4.78, 5) is 22.2. The number of carboxylic acid groups (broad SMARTS) is 1. The minimum absolute atomic E-state index is 0.0153. The van der Waals surface area contributed by atoms with Crippen molar-refractivity contribution in [2.45, 2.75) is 52.6 Å². The summed E-state index contributed by atoms with van der Waals surface area (Å²) >= 11 is 0. The number of nitrogens with one attached hydrogen (secondary N) is 1. The van der Waals surface area contributed by atoms with E-state index in [1.807, 2.05) is 27.7 Å². The molecule has 0 unspecified atom stereocenters. The monoisotopic (exact) mass is 215 g/mol. The van der Waals surface area contributed by atoms with Crippen LogP contribution >= 0.6 is 0 Å². The highest BCUT2D eigenvalue weighted by Gasteiger charge is 2.19. The van der Waals surface area contributed by atoms with Gasteiger partial charge < -0.3 is 10.4 Å². The SMILES string of the molecule is CC(C)N[C@H](CCC(=O)C(C)C)C(=O)O. The Balaban J connectivity index is 4.07. The van der Waals surface area contributed by atoms with Crippen LogP contribution in [0.15, 0.2) is 0 Å². The molecule has 0 saturated heterocycles. The van der Waals surface area contributed by atoms with Crippen molar-refractivity contribution in [3.63, 3.8) is 0 Å². The zero-order valence-electron chi connectivity index (χ0n) is 9.91. The lowest BCUT2D eigenvalue weighted by atomic mass is 10.0. The molecule has 0 heterocycles. The molecule has 4 nitrogen and oxygen atoms in total. The van der Waals surface area contributed by atoms with Gasteiger partial charge in [-0.15, -0.1) is 0 Å². The number of aliphatic carboxylic acids is 1. The van der Waals surface area contributed by atoms with E-state index in [4.69, 9.17) is 5.11 Å². The van der Waals surface area contributed by atoms with Crippen molar-refractivity contribution < 1.29 is 14.7 Å². The lowest BCUT2D eigenvalue weighted by molar-refractivity contribution is -0.140. The number of hydrogen-bond donors (Lipinski definition) is 2. The van der Waals surface area contributed by atoms with Gasteiger partial charge in [-0.2, -0.15) is 0 Å². The van der Waals surface area contributed by atoms with E-state index in [-0.39, 0.29) is 17.7 Å². The summed E-state index contributed by atoms with van der Waals surface area (Å²) < 4.78 is 0. The number of ketones is 1. The van der Waals surface area contributed by atoms with Gasteiger partial charge in [-0.25, -0.2) is 0 Å². The second-order valence-electron chi connectivity index (χ2n) is 4.37. The van der Waals surface area contributed by atoms with E-state index in [0.717, 1.165) is 0 Å². The van der Waals surface area contributed by atoms with Crippen molar-refractivity contribution in [1.29, 1.82) is 0 Å². The molecule has 0 amide bonds. The Hall–Kier alpha value is -0.900. The van der Waals surface area contributed by atoms with Gasteiger partial charge in [0.15, 0.2) is 0 Å². The molecule has 0 saturated carbocycles. The number of Topliss-reactive ketones (excluding diaryl/α,β-unsaturated/α-hetero) is 1. The van der Waals surface area contributed by atoms with Crippen LogP contribution in [0, 0.1) is 5.92 Å². The van der Waals surface area contributed by atoms with Crippen LogP contribution in [0.5, 0.6) is 0 Å². The van der Waals surface area contributed by atoms with Crippen LogP contribution in [-0.4, -0.2) is 28.9 Å². The van der Waals surface area contributed by atoms with Gasteiger partial charge in [0, 0.05) is 18.4 Å². The first-order valence-corrected chi connectivity index (χ1v) is 5.36. The Labute approximate surface area is 91.1 Å². The van der Waals surface area contributed by atoms with E-state index in [1.165, 1.54) is 0 Å². The fourth-order valence-electron chi connectivity index (χ4n) is 1.26. The average Bonchev–Trinajstić information content (AvgIpc) is 2.10. The smallest absolute Gasteiger partial charge is 0.320 e. The number of carboxylic acids is 1. The molecule has 0 aromatic rings. The predicted octanol–water partition coefficient (Wildman–Crippen LogP) is 1.44. The summed E-state index contributed by atoms with van der Waals surface area (Å²) in [6.45, 7) is 7.43. The van der Waals surface area contributed by atoms with Crippen molar-refractivity contribution in [2.75, 3.05) is 0 Å². The maximum atomic E-state index is 11.3. The molecule has 2 N–H and O–H groups in total. The third kappa shape index (κ3) is 6.23. The molecule has 0 rings (SSSR count). The molecule has 0 aromatic heterocycles. The molecule has 0 spiro atoms. The molecule has 15 heavy (non-hydrogen) atoms. The molecule has 0 bridgehead atoms. The van der Waals surface area contributed by atoms with Crippen LogP contribution in [0.2, 0.25) is 0 Å². The van der Waals surface area contributed by atoms with Crippen LogP contribution in [0.3, 0.4) is 0 Å². The van der Waals surface area contributed by atoms with E-state index >= 15 is 0 Å². The van der Waals surface area contributed by atoms with E-state index in [0.29, 0.717) is 12.8 Å². The maximum absolute atomic E-state index is 11.3. The van der Waals surface area contributed by atoms with Gasteiger partial charge in [0.25, 0.3) is 0 Å². The lowest BCUT2D eigenvalue weighted by Gasteiger charge is -2.17. The molecular weight excluding hydrogens is 194 g/mol. The predicted molar refractivity (Wildman–Crippen MR) is 58.8 cm³/mol. The van der Waals surface area contributed by atoms with Crippen LogP contribution in [-0.2, 0) is 9.59 Å². The maximum Gasteiger partial charge on any atom is 0.320 e. The molecule has 0 radical (unpaired) electrons. The molecule has 0 aromatic carbocycles. The van der Waals surface area contributed by atoms with Crippen molar-refractivity contribution in [3.05, 3.63) is 0 Å². The first kappa shape index (κ1) is 14.1. The number of carbonyl (C=O) groups is 2. The molecule has 1 atom stereocenters. The quantitative estimate of drug-likeness (QED) is 0.674. The molecular formula is C11H21NO3. The zero-order chi connectivity index (χ0) is 12.0. The third-order valence-electron chi connectivity index (χ3n) is 2.16. The summed E-state index contributed by atoms with van der Waals surface area (Å²) in [5.41, 5.74) is 0. The molecule has 0 aliphatic heterocycles. The summed E-state index contributed by atoms with van der Waals surface area (Å²) in [5.74, 6) is -0.787. The largest absolute Gasteiger partial charge is 0.480 e. The minimum atomic E-state index is -0.889. The highest BCUT2D eigenvalue weighted by Crippen LogP contribution is 2.05. The highest BCUT2D eigenvalue weighted by molar-refractivity contribution is 5.81. The lowest BCUT2D eigenvalue weighted by Crippen LogP contribution is -2.41. The zero-order valence-corrected chi connectivity index (χ0v) is 9.91. The number of hydrogen-bond acceptors (Lipinski definition) is 3. The molecule has 0 aliphatic carbocycles. The van der Waals surface area contributed by atoms with Crippen LogP contribution in [0.4, 0.5) is 0 Å². The Morgan fingerprint density at radius 3 is 2.07 bits per heavy atom. The molecule has 0 fully saturated rings. The first-order valence-electron chi connectivity index (χ1n) is 5.36. The Bertz CT molecular complexity index is 224. The van der Waals surface area contributed by atoms with Gasteiger partial charge in [0.1, 0.15) is 11.8 Å². The second kappa shape index (κ2) is 6.56. The van der Waals surface area contributed by atoms with E-state index in [9.17, 15) is 9.59 Å². The van der Waals surface area contributed by atoms with E-state index in [1.54, 1.807) is 0 Å². The summed E-state index contributed by atoms with van der Waals surface area (Å²) in [7, 11) is 0. The number of carbonyl (C=O) groups excluding carboxylic acids is 1. The Morgan fingerprint density at radius 2 is 1.73 bits per heavy atom. The second-order valence-corrected chi connectivity index (χ2v) is 4.37. The standard InChI is InChI=1S/C11H21NO3/c1-7(2)10(13)6-5-9(11(14)15)12-8(3)4/h7-9,12H,5-6H2,1-4H3,(H,14,15)/t9-/m1/s1. The fraction of sp³-hybridized carbons (Fsp3) is 0.818. The van der Waals surface area contributed by atoms with Crippen LogP contribution < -0.4 is 5.32 Å². The topological polar surface area (TPSA) is 66.4 Å². The Morgan fingerprint density at radius 1 is 1.20 bits per heavy atom. The summed E-state index contributed by atoms with van der Waals surface area (Å²) in [6, 6.07) is -0.507.